The number of ether oxygens (including phenoxy) is 2. The van der Waals surface area contributed by atoms with Gasteiger partial charge in [-0.15, -0.1) is 0 Å². The van der Waals surface area contributed by atoms with Crippen LogP contribution in [0.2, 0.25) is 0 Å². The lowest BCUT2D eigenvalue weighted by molar-refractivity contribution is 0.395. The minimum absolute atomic E-state index is 0.580. The number of fused-ring (bicyclic) bond motifs is 1. The molecule has 7 nitrogen and oxygen atoms in total. The highest BCUT2D eigenvalue weighted by Gasteiger charge is 2.07. The van der Waals surface area contributed by atoms with E-state index in [0.717, 1.165) is 22.5 Å². The van der Waals surface area contributed by atoms with Crippen molar-refractivity contribution < 1.29 is 9.47 Å². The number of aryl methyl sites for hydroxylation is 1. The van der Waals surface area contributed by atoms with Crippen molar-refractivity contribution in [2.24, 2.45) is 7.05 Å². The maximum Gasteiger partial charge on any atom is 0.180 e. The van der Waals surface area contributed by atoms with Crippen molar-refractivity contribution >= 4 is 22.7 Å². The largest absolute Gasteiger partial charge is 0.497 e. The Morgan fingerprint density at radius 1 is 0.963 bits per heavy atom. The number of nitrogens with zero attached hydrogens (tertiary/aromatic N) is 4. The van der Waals surface area contributed by atoms with Crippen LogP contribution in [-0.4, -0.2) is 33.7 Å². The summed E-state index contributed by atoms with van der Waals surface area (Å²) in [5, 5.41) is 3.27. The molecule has 0 bridgehead atoms. The van der Waals surface area contributed by atoms with Gasteiger partial charge in [0.15, 0.2) is 5.65 Å². The first kappa shape index (κ1) is 16.8. The number of anilines is 2. The molecule has 0 aliphatic heterocycles. The van der Waals surface area contributed by atoms with Crippen LogP contribution < -0.4 is 14.8 Å². The summed E-state index contributed by atoms with van der Waals surface area (Å²) in [6, 6.07) is 11.3. The fourth-order valence-corrected chi connectivity index (χ4v) is 2.79. The van der Waals surface area contributed by atoms with E-state index in [1.165, 1.54) is 0 Å². The molecule has 1 aromatic carbocycles. The second kappa shape index (κ2) is 6.95. The highest BCUT2D eigenvalue weighted by molar-refractivity contribution is 5.76. The van der Waals surface area contributed by atoms with Crippen LogP contribution in [0.5, 0.6) is 11.5 Å². The third-order valence-corrected chi connectivity index (χ3v) is 4.16. The molecule has 0 radical (unpaired) electrons. The molecule has 27 heavy (non-hydrogen) atoms. The van der Waals surface area contributed by atoms with E-state index in [0.29, 0.717) is 23.0 Å². The summed E-state index contributed by atoms with van der Waals surface area (Å²) in [5.41, 5.74) is 3.92. The van der Waals surface area contributed by atoms with Crippen LogP contribution in [0, 0.1) is 0 Å². The van der Waals surface area contributed by atoms with Gasteiger partial charge in [0.25, 0.3) is 0 Å². The molecule has 0 atom stereocenters. The third kappa shape index (κ3) is 3.52. The number of aromatic nitrogens is 4. The second-order valence-electron chi connectivity index (χ2n) is 6.09. The Morgan fingerprint density at radius 3 is 2.41 bits per heavy atom. The fourth-order valence-electron chi connectivity index (χ4n) is 2.79. The molecule has 3 aromatic heterocycles. The number of hydrogen-bond acceptors (Lipinski definition) is 6. The Bertz CT molecular complexity index is 1080. The van der Waals surface area contributed by atoms with Crippen molar-refractivity contribution in [3.8, 4) is 22.8 Å². The monoisotopic (exact) mass is 361 g/mol. The van der Waals surface area contributed by atoms with Crippen LogP contribution in [0.15, 0.2) is 55.0 Å². The second-order valence-corrected chi connectivity index (χ2v) is 6.09. The molecule has 0 spiro atoms. The maximum atomic E-state index is 5.31. The molecule has 4 rings (SSSR count). The lowest BCUT2D eigenvalue weighted by Crippen LogP contribution is -1.98. The van der Waals surface area contributed by atoms with E-state index in [2.05, 4.69) is 20.3 Å². The number of nitrogens with one attached hydrogen (secondary N) is 1. The van der Waals surface area contributed by atoms with Crippen LogP contribution in [0.25, 0.3) is 22.4 Å². The first-order valence-corrected chi connectivity index (χ1v) is 8.41. The molecule has 0 amide bonds. The summed E-state index contributed by atoms with van der Waals surface area (Å²) in [7, 11) is 5.21. The van der Waals surface area contributed by atoms with E-state index >= 15 is 0 Å². The molecule has 0 unspecified atom stereocenters. The van der Waals surface area contributed by atoms with Crippen LogP contribution >= 0.6 is 0 Å². The Morgan fingerprint density at radius 2 is 1.74 bits per heavy atom. The summed E-state index contributed by atoms with van der Waals surface area (Å²) in [6.45, 7) is 0. The zero-order valence-corrected chi connectivity index (χ0v) is 15.3. The smallest absolute Gasteiger partial charge is 0.180 e. The number of rotatable bonds is 5. The van der Waals surface area contributed by atoms with E-state index in [9.17, 15) is 0 Å². The van der Waals surface area contributed by atoms with Crippen molar-refractivity contribution in [2.75, 3.05) is 19.5 Å². The molecule has 4 aromatic rings. The Hall–Kier alpha value is -3.61. The van der Waals surface area contributed by atoms with E-state index in [-0.39, 0.29) is 0 Å². The Kier molecular flexibility index (Phi) is 4.33. The maximum absolute atomic E-state index is 5.31. The molecule has 0 saturated carbocycles. The van der Waals surface area contributed by atoms with Gasteiger partial charge in [-0.05, 0) is 18.2 Å². The first-order chi connectivity index (χ1) is 13.1. The highest BCUT2D eigenvalue weighted by Crippen LogP contribution is 2.28. The predicted octanol–water partition coefficient (Wildman–Crippen LogP) is 3.79. The van der Waals surface area contributed by atoms with E-state index in [4.69, 9.17) is 9.47 Å². The lowest BCUT2D eigenvalue weighted by atomic mass is 10.2. The zero-order valence-electron chi connectivity index (χ0n) is 15.3. The topological polar surface area (TPSA) is 74.1 Å². The van der Waals surface area contributed by atoms with Gasteiger partial charge in [0.05, 0.1) is 26.1 Å². The van der Waals surface area contributed by atoms with Crippen molar-refractivity contribution in [2.45, 2.75) is 0 Å². The van der Waals surface area contributed by atoms with Gasteiger partial charge in [0.1, 0.15) is 22.8 Å². The molecule has 3 heterocycles. The van der Waals surface area contributed by atoms with Gasteiger partial charge in [-0.25, -0.2) is 9.97 Å². The SMILES string of the molecule is COc1cc(Nc2ccc3ncc(-c4ccn(C)c4)nc3n2)cc(OC)c1. The predicted molar refractivity (Wildman–Crippen MR) is 105 cm³/mol. The van der Waals surface area contributed by atoms with Crippen molar-refractivity contribution in [3.63, 3.8) is 0 Å². The Balaban J connectivity index is 1.68. The van der Waals surface area contributed by atoms with Crippen LogP contribution in [-0.2, 0) is 7.05 Å². The molecule has 0 aliphatic rings. The molecule has 1 N–H and O–H groups in total. The normalized spacial score (nSPS) is 10.8. The molecule has 0 aliphatic carbocycles. The third-order valence-electron chi connectivity index (χ3n) is 4.16. The van der Waals surface area contributed by atoms with E-state index < -0.39 is 0 Å². The molecule has 0 fully saturated rings. The van der Waals surface area contributed by atoms with Crippen molar-refractivity contribution in [3.05, 3.63) is 55.0 Å². The number of benzene rings is 1. The lowest BCUT2D eigenvalue weighted by Gasteiger charge is -2.10. The number of methoxy groups -OCH3 is 2. The van der Waals surface area contributed by atoms with Crippen LogP contribution in [0.1, 0.15) is 0 Å². The minimum Gasteiger partial charge on any atom is -0.497 e. The molecule has 136 valence electrons. The average molecular weight is 361 g/mol. The van der Waals surface area contributed by atoms with Gasteiger partial charge in [-0.2, -0.15) is 0 Å². The number of hydrogen-bond donors (Lipinski definition) is 1. The number of pyridine rings is 1. The van der Waals surface area contributed by atoms with Gasteiger partial charge < -0.3 is 19.4 Å². The van der Waals surface area contributed by atoms with Gasteiger partial charge >= 0.3 is 0 Å². The van der Waals surface area contributed by atoms with Gasteiger partial charge in [0, 0.05) is 48.9 Å². The van der Waals surface area contributed by atoms with Crippen LogP contribution in [0.4, 0.5) is 11.5 Å². The summed E-state index contributed by atoms with van der Waals surface area (Å²) in [4.78, 5) is 13.7. The molecular weight excluding hydrogens is 342 g/mol. The van der Waals surface area contributed by atoms with Crippen molar-refractivity contribution in [1.82, 2.24) is 19.5 Å². The summed E-state index contributed by atoms with van der Waals surface area (Å²) >= 11 is 0. The molecular formula is C20H19N5O2. The molecule has 7 heteroatoms. The summed E-state index contributed by atoms with van der Waals surface area (Å²) < 4.78 is 12.6. The quantitative estimate of drug-likeness (QED) is 0.583. The van der Waals surface area contributed by atoms with Crippen LogP contribution in [0.3, 0.4) is 0 Å². The minimum atomic E-state index is 0.580. The zero-order chi connectivity index (χ0) is 18.8. The highest BCUT2D eigenvalue weighted by atomic mass is 16.5. The van der Waals surface area contributed by atoms with E-state index in [1.807, 2.05) is 60.4 Å². The average Bonchev–Trinajstić information content (AvgIpc) is 3.13. The standard InChI is InChI=1S/C20H19N5O2/c1-25-7-6-13(12-25)18-11-21-17-4-5-19(24-20(17)23-18)22-14-8-15(26-2)10-16(9-14)27-3/h4-12H,1-3H3,(H,22,23,24). The van der Waals surface area contributed by atoms with Gasteiger partial charge in [-0.3, -0.25) is 4.98 Å². The van der Waals surface area contributed by atoms with Crippen molar-refractivity contribution in [1.29, 1.82) is 0 Å². The first-order valence-electron chi connectivity index (χ1n) is 8.41. The fraction of sp³-hybridized carbons (Fsp3) is 0.150. The molecule has 0 saturated heterocycles. The van der Waals surface area contributed by atoms with Gasteiger partial charge in [-0.1, -0.05) is 0 Å². The Labute approximate surface area is 156 Å². The van der Waals surface area contributed by atoms with E-state index in [1.54, 1.807) is 20.4 Å². The summed E-state index contributed by atoms with van der Waals surface area (Å²) in [6.07, 6.45) is 5.74. The summed E-state index contributed by atoms with van der Waals surface area (Å²) in [5.74, 6) is 2.06. The van der Waals surface area contributed by atoms with Gasteiger partial charge in [0.2, 0.25) is 0 Å².